The van der Waals surface area contributed by atoms with E-state index in [-0.39, 0.29) is 30.2 Å². The highest BCUT2D eigenvalue weighted by Crippen LogP contribution is 2.63. The van der Waals surface area contributed by atoms with Gasteiger partial charge in [-0.2, -0.15) is 4.89 Å². The molecule has 0 aromatic rings. The van der Waals surface area contributed by atoms with Gasteiger partial charge < -0.3 is 9.47 Å². The number of imide groups is 1. The average Bonchev–Trinajstić information content (AvgIpc) is 2.85. The lowest BCUT2D eigenvalue weighted by atomic mass is 9.44. The van der Waals surface area contributed by atoms with Crippen molar-refractivity contribution in [3.63, 3.8) is 0 Å². The molecular formula is C21H33NO6. The fraction of sp³-hybridized carbons (Fsp3) is 0.810. The molecule has 0 aromatic heterocycles. The van der Waals surface area contributed by atoms with E-state index in [9.17, 15) is 9.59 Å². The van der Waals surface area contributed by atoms with Gasteiger partial charge in [0.15, 0.2) is 0 Å². The Morgan fingerprint density at radius 3 is 2.11 bits per heavy atom. The summed E-state index contributed by atoms with van der Waals surface area (Å²) in [6.45, 7) is 10.1. The molecule has 7 nitrogen and oxygen atoms in total. The van der Waals surface area contributed by atoms with Gasteiger partial charge in [-0.25, -0.2) is 4.89 Å². The first-order valence-electron chi connectivity index (χ1n) is 10.0. The van der Waals surface area contributed by atoms with Gasteiger partial charge in [0.25, 0.3) is 11.8 Å². The third-order valence-electron chi connectivity index (χ3n) is 7.51. The van der Waals surface area contributed by atoms with Gasteiger partial charge in [-0.05, 0) is 57.3 Å². The van der Waals surface area contributed by atoms with Crippen molar-refractivity contribution in [3.05, 3.63) is 11.1 Å². The van der Waals surface area contributed by atoms with Crippen LogP contribution in [0.5, 0.6) is 0 Å². The van der Waals surface area contributed by atoms with Gasteiger partial charge in [-0.1, -0.05) is 13.8 Å². The quantitative estimate of drug-likeness (QED) is 0.272. The Bertz CT molecular complexity index is 669. The minimum absolute atomic E-state index is 0.116. The van der Waals surface area contributed by atoms with Gasteiger partial charge in [-0.15, -0.1) is 0 Å². The summed E-state index contributed by atoms with van der Waals surface area (Å²) < 4.78 is 10.9. The van der Waals surface area contributed by atoms with E-state index in [1.54, 1.807) is 13.8 Å². The van der Waals surface area contributed by atoms with Crippen LogP contribution >= 0.6 is 0 Å². The topological polar surface area (TPSA) is 74.3 Å². The Labute approximate surface area is 167 Å². The van der Waals surface area contributed by atoms with Gasteiger partial charge >= 0.3 is 5.97 Å². The summed E-state index contributed by atoms with van der Waals surface area (Å²) in [6.07, 6.45) is 3.31. The number of carbonyl (C=O) groups excluding carboxylic acids is 2. The van der Waals surface area contributed by atoms with Gasteiger partial charge in [0.2, 0.25) is 0 Å². The number of carbonyl (C=O) groups is 2. The zero-order valence-electron chi connectivity index (χ0n) is 18.1. The maximum absolute atomic E-state index is 12.3. The van der Waals surface area contributed by atoms with Crippen molar-refractivity contribution >= 4 is 11.8 Å². The summed E-state index contributed by atoms with van der Waals surface area (Å²) in [5, 5.41) is 0. The number of amides is 2. The maximum Gasteiger partial charge on any atom is 0.313 e. The highest BCUT2D eigenvalue weighted by atomic mass is 17.3. The van der Waals surface area contributed by atoms with Gasteiger partial charge in [0.1, 0.15) is 5.60 Å². The zero-order chi connectivity index (χ0) is 20.9. The largest absolute Gasteiger partial charge is 0.329 e. The number of hydrogen-bond donors (Lipinski definition) is 0. The van der Waals surface area contributed by atoms with E-state index < -0.39 is 11.6 Å². The van der Waals surface area contributed by atoms with E-state index in [0.29, 0.717) is 17.1 Å². The molecule has 0 N–H and O–H groups in total. The first-order valence-corrected chi connectivity index (χ1v) is 10.0. The van der Waals surface area contributed by atoms with E-state index in [1.165, 1.54) is 19.1 Å². The van der Waals surface area contributed by atoms with E-state index in [1.807, 2.05) is 0 Å². The van der Waals surface area contributed by atoms with E-state index in [4.69, 9.17) is 19.2 Å². The lowest BCUT2D eigenvalue weighted by molar-refractivity contribution is -0.536. The molecule has 0 saturated heterocycles. The molecule has 1 aliphatic heterocycles. The third-order valence-corrected chi connectivity index (χ3v) is 7.51. The minimum Gasteiger partial charge on any atom is -0.329 e. The van der Waals surface area contributed by atoms with Gasteiger partial charge in [0, 0.05) is 31.9 Å². The van der Waals surface area contributed by atoms with Crippen LogP contribution in [0, 0.1) is 17.3 Å². The van der Waals surface area contributed by atoms with Crippen LogP contribution in [0.4, 0.5) is 0 Å². The Kier molecular flexibility index (Phi) is 5.51. The molecule has 1 heterocycles. The standard InChI is InChI=1S/C21H33NO6/c1-13-14(2)18(24)22(17(13)23)11-10-21(25-6,26-7)28-27-20(5)9-8-15-12-16(20)19(15,3)4/h15-16H,8-12H2,1-7H3. The van der Waals surface area contributed by atoms with Crippen LogP contribution in [0.25, 0.3) is 0 Å². The second-order valence-corrected chi connectivity index (χ2v) is 9.18. The summed E-state index contributed by atoms with van der Waals surface area (Å²) in [7, 11) is 2.92. The molecule has 3 atom stereocenters. The van der Waals surface area contributed by atoms with Crippen molar-refractivity contribution in [1.82, 2.24) is 4.90 Å². The van der Waals surface area contributed by atoms with Crippen molar-refractivity contribution in [1.29, 1.82) is 0 Å². The number of methoxy groups -OCH3 is 2. The van der Waals surface area contributed by atoms with Crippen LogP contribution in [-0.2, 0) is 28.8 Å². The van der Waals surface area contributed by atoms with E-state index >= 15 is 0 Å². The summed E-state index contributed by atoms with van der Waals surface area (Å²) in [5.74, 6) is -0.910. The van der Waals surface area contributed by atoms with Crippen LogP contribution in [0.2, 0.25) is 0 Å². The van der Waals surface area contributed by atoms with Crippen LogP contribution < -0.4 is 0 Å². The van der Waals surface area contributed by atoms with Crippen molar-refractivity contribution in [2.75, 3.05) is 20.8 Å². The van der Waals surface area contributed by atoms with Crippen LogP contribution in [0.15, 0.2) is 11.1 Å². The zero-order valence-corrected chi connectivity index (χ0v) is 18.1. The second-order valence-electron chi connectivity index (χ2n) is 9.18. The third kappa shape index (κ3) is 3.22. The molecule has 4 aliphatic rings. The smallest absolute Gasteiger partial charge is 0.313 e. The monoisotopic (exact) mass is 395 g/mol. The number of nitrogens with zero attached hydrogens (tertiary/aromatic N) is 1. The lowest BCUT2D eigenvalue weighted by Crippen LogP contribution is -2.61. The molecule has 3 saturated carbocycles. The normalized spacial score (nSPS) is 32.2. The van der Waals surface area contributed by atoms with Crippen molar-refractivity contribution < 1.29 is 28.8 Å². The second kappa shape index (κ2) is 7.20. The highest BCUT2D eigenvalue weighted by Gasteiger charge is 2.61. The first-order chi connectivity index (χ1) is 13.0. The van der Waals surface area contributed by atoms with Crippen LogP contribution in [-0.4, -0.2) is 49.1 Å². The molecule has 2 amide bonds. The maximum atomic E-state index is 12.3. The summed E-state index contributed by atoms with van der Waals surface area (Å²) in [5.41, 5.74) is 0.751. The molecule has 158 valence electrons. The lowest BCUT2D eigenvalue weighted by Gasteiger charge is -2.63. The number of fused-ring (bicyclic) bond motifs is 2. The molecule has 0 aromatic carbocycles. The number of ether oxygens (including phenoxy) is 2. The molecule has 0 spiro atoms. The minimum atomic E-state index is -1.49. The summed E-state index contributed by atoms with van der Waals surface area (Å²) >= 11 is 0. The molecule has 0 radical (unpaired) electrons. The fourth-order valence-corrected chi connectivity index (χ4v) is 5.10. The first kappa shape index (κ1) is 21.4. The van der Waals surface area contributed by atoms with Crippen molar-refractivity contribution in [3.8, 4) is 0 Å². The molecule has 3 fully saturated rings. The van der Waals surface area contributed by atoms with Crippen LogP contribution in [0.1, 0.15) is 60.3 Å². The fourth-order valence-electron chi connectivity index (χ4n) is 5.10. The molecule has 7 heteroatoms. The Morgan fingerprint density at radius 1 is 1.07 bits per heavy atom. The van der Waals surface area contributed by atoms with Crippen molar-refractivity contribution in [2.24, 2.45) is 17.3 Å². The highest BCUT2D eigenvalue weighted by molar-refractivity contribution is 6.18. The molecule has 4 rings (SSSR count). The Hall–Kier alpha value is -1.28. The number of rotatable bonds is 8. The van der Waals surface area contributed by atoms with E-state index in [0.717, 1.165) is 25.2 Å². The predicted molar refractivity (Wildman–Crippen MR) is 102 cm³/mol. The van der Waals surface area contributed by atoms with Crippen LogP contribution in [0.3, 0.4) is 0 Å². The SMILES string of the molecule is COC(CCN1C(=O)C(C)=C(C)C1=O)(OC)OOC1(C)CCC2CC1C2(C)C. The summed E-state index contributed by atoms with van der Waals surface area (Å²) in [6, 6.07) is 0. The summed E-state index contributed by atoms with van der Waals surface area (Å²) in [4.78, 5) is 37.5. The molecule has 3 unspecified atom stereocenters. The average molecular weight is 395 g/mol. The predicted octanol–water partition coefficient (Wildman–Crippen LogP) is 3.19. The van der Waals surface area contributed by atoms with Gasteiger partial charge in [0.05, 0.1) is 6.42 Å². The number of hydrogen-bond acceptors (Lipinski definition) is 6. The Balaban J connectivity index is 1.64. The molecule has 3 aliphatic carbocycles. The Morgan fingerprint density at radius 2 is 1.64 bits per heavy atom. The van der Waals surface area contributed by atoms with Gasteiger partial charge in [-0.3, -0.25) is 14.5 Å². The van der Waals surface area contributed by atoms with E-state index in [2.05, 4.69) is 20.8 Å². The van der Waals surface area contributed by atoms with Crippen molar-refractivity contribution in [2.45, 2.75) is 71.9 Å². The molecular weight excluding hydrogens is 362 g/mol. The molecule has 28 heavy (non-hydrogen) atoms. The molecule has 2 bridgehead atoms.